The van der Waals surface area contributed by atoms with Gasteiger partial charge in [-0.1, -0.05) is 17.7 Å². The Morgan fingerprint density at radius 2 is 2.08 bits per heavy atom. The van der Waals surface area contributed by atoms with Crippen molar-refractivity contribution in [2.75, 3.05) is 0 Å². The van der Waals surface area contributed by atoms with Gasteiger partial charge in [0.15, 0.2) is 0 Å². The SMILES string of the molecule is C=CCC1=CC(C)(C)NC(C)(C)C1. The van der Waals surface area contributed by atoms with Crippen molar-refractivity contribution in [3.63, 3.8) is 0 Å². The maximum atomic E-state index is 3.79. The van der Waals surface area contributed by atoms with Crippen LogP contribution in [0.3, 0.4) is 0 Å². The molecular formula is C12H21N. The van der Waals surface area contributed by atoms with Crippen LogP contribution in [0.2, 0.25) is 0 Å². The van der Waals surface area contributed by atoms with Gasteiger partial charge in [-0.25, -0.2) is 0 Å². The molecular weight excluding hydrogens is 158 g/mol. The molecule has 0 saturated heterocycles. The molecule has 13 heavy (non-hydrogen) atoms. The Balaban J connectivity index is 2.85. The third-order valence-electron chi connectivity index (χ3n) is 2.30. The average molecular weight is 179 g/mol. The number of hydrogen-bond donors (Lipinski definition) is 1. The van der Waals surface area contributed by atoms with Crippen molar-refractivity contribution in [3.8, 4) is 0 Å². The van der Waals surface area contributed by atoms with Crippen molar-refractivity contribution in [2.45, 2.75) is 51.6 Å². The molecule has 0 spiro atoms. The molecule has 0 aromatic rings. The summed E-state index contributed by atoms with van der Waals surface area (Å²) in [5.74, 6) is 0. The molecule has 1 heteroatoms. The maximum absolute atomic E-state index is 3.79. The average Bonchev–Trinajstić information content (AvgIpc) is 1.78. The lowest BCUT2D eigenvalue weighted by atomic mass is 9.82. The summed E-state index contributed by atoms with van der Waals surface area (Å²) in [5.41, 5.74) is 1.85. The van der Waals surface area contributed by atoms with Crippen LogP contribution in [-0.4, -0.2) is 11.1 Å². The summed E-state index contributed by atoms with van der Waals surface area (Å²) < 4.78 is 0. The van der Waals surface area contributed by atoms with Crippen molar-refractivity contribution in [3.05, 3.63) is 24.3 Å². The molecule has 0 radical (unpaired) electrons. The smallest absolute Gasteiger partial charge is 0.0314 e. The highest BCUT2D eigenvalue weighted by Gasteiger charge is 2.31. The van der Waals surface area contributed by atoms with Crippen LogP contribution in [0.25, 0.3) is 0 Å². The first kappa shape index (κ1) is 10.5. The first-order valence-corrected chi connectivity index (χ1v) is 4.95. The summed E-state index contributed by atoms with van der Waals surface area (Å²) in [6.07, 6.45) is 6.47. The molecule has 1 nitrogen and oxygen atoms in total. The summed E-state index contributed by atoms with van der Waals surface area (Å²) in [5, 5.41) is 3.61. The Hall–Kier alpha value is -0.560. The highest BCUT2D eigenvalue weighted by atomic mass is 15.0. The zero-order valence-corrected chi connectivity index (χ0v) is 9.28. The summed E-state index contributed by atoms with van der Waals surface area (Å²) in [4.78, 5) is 0. The fourth-order valence-corrected chi connectivity index (χ4v) is 2.40. The van der Waals surface area contributed by atoms with Gasteiger partial charge in [0.1, 0.15) is 0 Å². The number of hydrogen-bond acceptors (Lipinski definition) is 1. The van der Waals surface area contributed by atoms with Crippen LogP contribution >= 0.6 is 0 Å². The van der Waals surface area contributed by atoms with E-state index in [1.807, 2.05) is 6.08 Å². The summed E-state index contributed by atoms with van der Waals surface area (Å²) in [6.45, 7) is 12.7. The van der Waals surface area contributed by atoms with Crippen LogP contribution in [0.1, 0.15) is 40.5 Å². The molecule has 0 fully saturated rings. The van der Waals surface area contributed by atoms with E-state index in [9.17, 15) is 0 Å². The Morgan fingerprint density at radius 1 is 1.46 bits per heavy atom. The van der Waals surface area contributed by atoms with Crippen molar-refractivity contribution in [2.24, 2.45) is 0 Å². The van der Waals surface area contributed by atoms with Gasteiger partial charge in [0.05, 0.1) is 0 Å². The second-order valence-corrected chi connectivity index (χ2v) is 5.20. The molecule has 1 heterocycles. The number of rotatable bonds is 2. The normalized spacial score (nSPS) is 25.1. The van der Waals surface area contributed by atoms with Gasteiger partial charge >= 0.3 is 0 Å². The fraction of sp³-hybridized carbons (Fsp3) is 0.667. The number of allylic oxidation sites excluding steroid dienone is 1. The van der Waals surface area contributed by atoms with Crippen LogP contribution in [0.4, 0.5) is 0 Å². The van der Waals surface area contributed by atoms with Crippen molar-refractivity contribution in [1.82, 2.24) is 5.32 Å². The van der Waals surface area contributed by atoms with E-state index < -0.39 is 0 Å². The Kier molecular flexibility index (Phi) is 2.67. The van der Waals surface area contributed by atoms with E-state index in [0.29, 0.717) is 0 Å². The molecule has 74 valence electrons. The summed E-state index contributed by atoms with van der Waals surface area (Å²) >= 11 is 0. The molecule has 0 saturated carbocycles. The van der Waals surface area contributed by atoms with Gasteiger partial charge in [0.2, 0.25) is 0 Å². The predicted octanol–water partition coefficient (Wildman–Crippen LogP) is 3.04. The molecule has 0 aliphatic carbocycles. The van der Waals surface area contributed by atoms with Crippen molar-refractivity contribution < 1.29 is 0 Å². The third-order valence-corrected chi connectivity index (χ3v) is 2.30. The molecule has 0 aromatic heterocycles. The second-order valence-electron chi connectivity index (χ2n) is 5.20. The zero-order chi connectivity index (χ0) is 10.1. The van der Waals surface area contributed by atoms with Crippen LogP contribution in [-0.2, 0) is 0 Å². The third kappa shape index (κ3) is 3.00. The molecule has 0 unspecified atom stereocenters. The summed E-state index contributed by atoms with van der Waals surface area (Å²) in [7, 11) is 0. The minimum atomic E-state index is 0.125. The van der Waals surface area contributed by atoms with Crippen LogP contribution in [0.15, 0.2) is 24.3 Å². The molecule has 0 aromatic carbocycles. The minimum absolute atomic E-state index is 0.125. The van der Waals surface area contributed by atoms with Gasteiger partial charge in [-0.05, 0) is 40.5 Å². The monoisotopic (exact) mass is 179 g/mol. The van der Waals surface area contributed by atoms with E-state index in [2.05, 4.69) is 45.7 Å². The van der Waals surface area contributed by atoms with E-state index in [-0.39, 0.29) is 11.1 Å². The van der Waals surface area contributed by atoms with Crippen LogP contribution in [0.5, 0.6) is 0 Å². The second kappa shape index (κ2) is 3.30. The van der Waals surface area contributed by atoms with Gasteiger partial charge in [-0.2, -0.15) is 0 Å². The van der Waals surface area contributed by atoms with E-state index >= 15 is 0 Å². The lowest BCUT2D eigenvalue weighted by Crippen LogP contribution is -2.54. The van der Waals surface area contributed by atoms with E-state index in [4.69, 9.17) is 0 Å². The molecule has 0 bridgehead atoms. The molecule has 0 atom stereocenters. The first-order valence-electron chi connectivity index (χ1n) is 4.95. The number of nitrogens with one attached hydrogen (secondary N) is 1. The van der Waals surface area contributed by atoms with E-state index in [1.165, 1.54) is 5.57 Å². The topological polar surface area (TPSA) is 12.0 Å². The van der Waals surface area contributed by atoms with Crippen LogP contribution < -0.4 is 5.32 Å². The zero-order valence-electron chi connectivity index (χ0n) is 9.28. The molecule has 1 N–H and O–H groups in total. The lowest BCUT2D eigenvalue weighted by molar-refractivity contribution is 0.281. The van der Waals surface area contributed by atoms with Crippen LogP contribution in [0, 0.1) is 0 Å². The predicted molar refractivity (Wildman–Crippen MR) is 58.8 cm³/mol. The maximum Gasteiger partial charge on any atom is 0.0314 e. The lowest BCUT2D eigenvalue weighted by Gasteiger charge is -2.41. The first-order chi connectivity index (χ1) is 5.85. The Labute approximate surface area is 81.9 Å². The van der Waals surface area contributed by atoms with Gasteiger partial charge in [0, 0.05) is 11.1 Å². The van der Waals surface area contributed by atoms with E-state index in [1.54, 1.807) is 0 Å². The minimum Gasteiger partial charge on any atom is -0.303 e. The Bertz CT molecular complexity index is 234. The molecule has 1 aliphatic rings. The quantitative estimate of drug-likeness (QED) is 0.642. The van der Waals surface area contributed by atoms with Gasteiger partial charge in [-0.15, -0.1) is 6.58 Å². The largest absolute Gasteiger partial charge is 0.303 e. The molecule has 1 rings (SSSR count). The molecule has 1 aliphatic heterocycles. The summed E-state index contributed by atoms with van der Waals surface area (Å²) in [6, 6.07) is 0. The highest BCUT2D eigenvalue weighted by molar-refractivity contribution is 5.22. The fourth-order valence-electron chi connectivity index (χ4n) is 2.40. The van der Waals surface area contributed by atoms with Gasteiger partial charge < -0.3 is 5.32 Å². The standard InChI is InChI=1S/C12H21N/c1-6-7-10-8-11(2,3)13-12(4,5)9-10/h6,8,13H,1,7,9H2,2-5H3. The molecule has 0 amide bonds. The van der Waals surface area contributed by atoms with Gasteiger partial charge in [-0.3, -0.25) is 0 Å². The van der Waals surface area contributed by atoms with Crippen molar-refractivity contribution >= 4 is 0 Å². The highest BCUT2D eigenvalue weighted by Crippen LogP contribution is 2.29. The van der Waals surface area contributed by atoms with Crippen molar-refractivity contribution in [1.29, 1.82) is 0 Å². The van der Waals surface area contributed by atoms with E-state index in [0.717, 1.165) is 12.8 Å². The van der Waals surface area contributed by atoms with Gasteiger partial charge in [0.25, 0.3) is 0 Å². The Morgan fingerprint density at radius 3 is 2.54 bits per heavy atom.